The van der Waals surface area contributed by atoms with Crippen molar-refractivity contribution in [1.82, 2.24) is 26.6 Å². The van der Waals surface area contributed by atoms with Crippen LogP contribution in [0.3, 0.4) is 0 Å². The Hall–Kier alpha value is -6.80. The molecule has 3 saturated carbocycles. The SMILES string of the molecule is CC(=O)NC1C(OCCCCCCCCCCCCCNC(=O)CCOCC(COCCC(=O)CCCCCCCCCCCCCOC2CC(COC(C)=O)C(C)C(C)C2NC(C)=O)(COCCC(=O)CCCCCCCCCCCCCOC2CC(COC(C)=O)C(C)C(C)C2NC(C)=O)NC(=O)CCCC(=O)Oc2c(F)c(F)c(F)c(F)c2F)CC(COC(C)=O)C(C)C1C. The van der Waals surface area contributed by atoms with Gasteiger partial charge in [0.2, 0.25) is 64.4 Å². The lowest BCUT2D eigenvalue weighted by Gasteiger charge is -2.44. The van der Waals surface area contributed by atoms with Crippen LogP contribution in [0.15, 0.2) is 0 Å². The molecule has 133 heavy (non-hydrogen) atoms. The van der Waals surface area contributed by atoms with Crippen molar-refractivity contribution in [2.45, 2.75) is 408 Å². The number of rotatable bonds is 75. The summed E-state index contributed by atoms with van der Waals surface area (Å²) in [5.74, 6) is -15.3. The summed E-state index contributed by atoms with van der Waals surface area (Å²) in [6, 6.07) is -0.311. The molecular weight excluding hydrogens is 1730 g/mol. The van der Waals surface area contributed by atoms with Gasteiger partial charge < -0.3 is 74.0 Å². The molecule has 0 saturated heterocycles. The minimum atomic E-state index is -2.43. The quantitative estimate of drug-likeness (QED) is 0.00769. The van der Waals surface area contributed by atoms with Gasteiger partial charge in [-0.2, -0.15) is 8.78 Å². The zero-order valence-electron chi connectivity index (χ0n) is 82.9. The molecule has 15 unspecified atom stereocenters. The van der Waals surface area contributed by atoms with Crippen LogP contribution in [0.25, 0.3) is 0 Å². The second-order valence-corrected chi connectivity index (χ2v) is 38.5. The normalized spacial score (nSPS) is 22.2. The predicted molar refractivity (Wildman–Crippen MR) is 499 cm³/mol. The van der Waals surface area contributed by atoms with Crippen molar-refractivity contribution in [2.75, 3.05) is 85.8 Å². The predicted octanol–water partition coefficient (Wildman–Crippen LogP) is 18.7. The smallest absolute Gasteiger partial charge is 0.311 e. The maximum absolute atomic E-state index is 14.5. The van der Waals surface area contributed by atoms with Gasteiger partial charge in [0.15, 0.2) is 0 Å². The average molecular weight is 1900 g/mol. The van der Waals surface area contributed by atoms with Gasteiger partial charge in [0.1, 0.15) is 17.1 Å². The first-order chi connectivity index (χ1) is 63.6. The molecule has 3 aliphatic carbocycles. The molecule has 3 fully saturated rings. The summed E-state index contributed by atoms with van der Waals surface area (Å²) in [6.07, 6.45) is 34.7. The Morgan fingerprint density at radius 2 is 0.594 bits per heavy atom. The number of ether oxygens (including phenoxy) is 10. The van der Waals surface area contributed by atoms with Gasteiger partial charge in [-0.05, 0) is 117 Å². The van der Waals surface area contributed by atoms with Crippen LogP contribution in [-0.2, 0) is 95.4 Å². The van der Waals surface area contributed by atoms with Crippen molar-refractivity contribution in [3.8, 4) is 5.75 Å². The van der Waals surface area contributed by atoms with Crippen molar-refractivity contribution in [1.29, 1.82) is 0 Å². The van der Waals surface area contributed by atoms with E-state index in [1.807, 2.05) is 0 Å². The Labute approximate surface area is 791 Å². The molecule has 31 heteroatoms. The zero-order chi connectivity index (χ0) is 97.9. The third kappa shape index (κ3) is 49.9. The zero-order valence-corrected chi connectivity index (χ0v) is 82.9. The molecule has 0 aliphatic heterocycles. The Bertz CT molecular complexity index is 3400. The number of hydrogen-bond donors (Lipinski definition) is 5. The minimum Gasteiger partial charge on any atom is -0.466 e. The molecule has 0 spiro atoms. The molecule has 5 amide bonds. The summed E-state index contributed by atoms with van der Waals surface area (Å²) in [7, 11) is 0. The Morgan fingerprint density at radius 3 is 0.902 bits per heavy atom. The Balaban J connectivity index is 1.25. The first-order valence-electron chi connectivity index (χ1n) is 50.8. The molecule has 1 aromatic carbocycles. The fourth-order valence-corrected chi connectivity index (χ4v) is 18.8. The largest absolute Gasteiger partial charge is 0.466 e. The van der Waals surface area contributed by atoms with Crippen LogP contribution in [0.4, 0.5) is 22.0 Å². The number of benzene rings is 1. The number of carbonyl (C=O) groups is 11. The molecule has 0 aromatic heterocycles. The van der Waals surface area contributed by atoms with Crippen LogP contribution in [-0.4, -0.2) is 193 Å². The topological polar surface area (TPSA) is 340 Å². The van der Waals surface area contributed by atoms with Crippen molar-refractivity contribution in [2.24, 2.45) is 53.3 Å². The number of carbonyl (C=O) groups excluding carboxylic acids is 11. The van der Waals surface area contributed by atoms with Crippen LogP contribution < -0.4 is 31.3 Å². The lowest BCUT2D eigenvalue weighted by molar-refractivity contribution is -0.146. The highest BCUT2D eigenvalue weighted by atomic mass is 19.2. The van der Waals surface area contributed by atoms with E-state index in [9.17, 15) is 74.7 Å². The number of unbranched alkanes of at least 4 members (excludes halogenated alkanes) is 30. The van der Waals surface area contributed by atoms with E-state index in [2.05, 4.69) is 72.9 Å². The van der Waals surface area contributed by atoms with Crippen LogP contribution in [0, 0.1) is 82.3 Å². The molecule has 0 radical (unpaired) electrons. The first kappa shape index (κ1) is 119. The number of halogens is 5. The van der Waals surface area contributed by atoms with Crippen LogP contribution in [0.2, 0.25) is 0 Å². The van der Waals surface area contributed by atoms with E-state index in [1.165, 1.54) is 41.5 Å². The van der Waals surface area contributed by atoms with E-state index >= 15 is 0 Å². The van der Waals surface area contributed by atoms with Gasteiger partial charge in [0, 0.05) is 113 Å². The van der Waals surface area contributed by atoms with Gasteiger partial charge in [-0.15, -0.1) is 0 Å². The van der Waals surface area contributed by atoms with Crippen LogP contribution in [0.1, 0.15) is 366 Å². The number of hydrogen-bond acceptors (Lipinski definition) is 21. The van der Waals surface area contributed by atoms with Gasteiger partial charge in [-0.1, -0.05) is 215 Å². The number of amides is 5. The highest BCUT2D eigenvalue weighted by molar-refractivity contribution is 5.80. The third-order valence-corrected chi connectivity index (χ3v) is 27.4. The van der Waals surface area contributed by atoms with E-state index in [-0.39, 0.29) is 208 Å². The van der Waals surface area contributed by atoms with E-state index in [1.54, 1.807) is 0 Å². The molecule has 15 atom stereocenters. The summed E-state index contributed by atoms with van der Waals surface area (Å²) in [4.78, 5) is 138. The van der Waals surface area contributed by atoms with Gasteiger partial charge in [0.25, 0.3) is 0 Å². The maximum atomic E-state index is 14.5. The van der Waals surface area contributed by atoms with E-state index < -0.39 is 65.1 Å². The second kappa shape index (κ2) is 69.1. The molecular formula is C102H170F5N5O21. The van der Waals surface area contributed by atoms with E-state index in [0.717, 1.165) is 199 Å². The minimum absolute atomic E-state index is 0.0157. The highest BCUT2D eigenvalue weighted by Gasteiger charge is 2.46. The number of Topliss-reactive ketones (excluding diaryl/α,β-unsaturated/α-hetero) is 2. The summed E-state index contributed by atoms with van der Waals surface area (Å²) in [6.45, 7) is 23.9. The van der Waals surface area contributed by atoms with Crippen molar-refractivity contribution < 1.29 is 122 Å². The molecule has 764 valence electrons. The third-order valence-electron chi connectivity index (χ3n) is 27.4. The molecule has 5 N–H and O–H groups in total. The number of ketones is 2. The highest BCUT2D eigenvalue weighted by Crippen LogP contribution is 2.41. The lowest BCUT2D eigenvalue weighted by Crippen LogP contribution is -2.58. The summed E-state index contributed by atoms with van der Waals surface area (Å²) >= 11 is 0. The summed E-state index contributed by atoms with van der Waals surface area (Å²) in [5, 5.41) is 15.2. The van der Waals surface area contributed by atoms with Gasteiger partial charge in [0.05, 0.1) is 95.9 Å². The monoisotopic (exact) mass is 1900 g/mol. The number of esters is 4. The van der Waals surface area contributed by atoms with E-state index in [4.69, 9.17) is 42.6 Å². The van der Waals surface area contributed by atoms with Crippen LogP contribution in [0.5, 0.6) is 5.75 Å². The molecule has 0 heterocycles. The van der Waals surface area contributed by atoms with Crippen molar-refractivity contribution in [3.05, 3.63) is 29.1 Å². The van der Waals surface area contributed by atoms with Gasteiger partial charge in [-0.25, -0.2) is 13.2 Å². The average Bonchev–Trinajstić information content (AvgIpc) is 0.812. The fraction of sp³-hybridized carbons (Fsp3) is 0.833. The molecule has 3 aliphatic rings. The second-order valence-electron chi connectivity index (χ2n) is 38.5. The Morgan fingerprint density at radius 1 is 0.308 bits per heavy atom. The number of nitrogens with one attached hydrogen (secondary N) is 5. The standard InChI is InChI=1S/C102H170F5N5O21/c1-70-73(4)98(109-76(7)113)87(61-82(70)64-130-79(10)116)127-55-43-37-31-25-19-13-16-22-28-34-40-47-85(119)51-58-124-67-102(112-91(122)49-46-50-92(123)133-101-96(106)94(104)93(103)95(105)97(101)107,68-125-59-52-86(120)48-41-35-29-23-17-14-20-26-32-38-44-56-128-88-62-83(65-131-80(11)117)71(2)74(5)99(88)110-77(8)114)69-126-60-53-90(121)108-54-42-36-30-24-18-15-21-27-33-39-45-57-129-89-63-84(66-132-81(12)118)72(3)75(6)100(89)111-78(9)115/h70-75,82-84,87-89,98-100H,13-69H2,1-12H3,(H,108,121)(H,109,113)(H,110,114)(H,111,115)(H,112,122). The molecule has 26 nitrogen and oxygen atoms in total. The van der Waals surface area contributed by atoms with Gasteiger partial charge >= 0.3 is 23.9 Å². The van der Waals surface area contributed by atoms with Gasteiger partial charge in [-0.3, -0.25) is 52.7 Å². The van der Waals surface area contributed by atoms with Crippen LogP contribution >= 0.6 is 0 Å². The van der Waals surface area contributed by atoms with Crippen molar-refractivity contribution in [3.63, 3.8) is 0 Å². The Kier molecular flexibility index (Phi) is 61.6. The molecule has 4 rings (SSSR count). The molecule has 1 aromatic rings. The van der Waals surface area contributed by atoms with Crippen molar-refractivity contribution >= 4 is 65.0 Å². The molecule has 0 bridgehead atoms. The summed E-state index contributed by atoms with van der Waals surface area (Å²) < 4.78 is 129. The lowest BCUT2D eigenvalue weighted by atomic mass is 9.70. The summed E-state index contributed by atoms with van der Waals surface area (Å²) in [5.41, 5.74) is -1.51. The fourth-order valence-electron chi connectivity index (χ4n) is 18.8. The first-order valence-corrected chi connectivity index (χ1v) is 50.8. The maximum Gasteiger partial charge on any atom is 0.311 e. The van der Waals surface area contributed by atoms with E-state index in [0.29, 0.717) is 91.1 Å².